The standard InChI is InChI=1S/C54H85NO3/c1-3-5-7-9-11-13-14-15-16-17-18-19-20-21-22-23-24-25-26-27-28-29-30-31-32-33-34-35-36-37-38-39-40-42-44-46-48-50-54(58)55-52(51-56)53(57)49-47-45-43-41-12-10-8-6-4-2/h4-7,11-13,15-16,18-19,21-22,24-25,27-28,30-31,33-34,41,47,49,52-53,56-57H,3,8-10,14,17,20,23,26,29,32,35-40,42-46,48,50-51H2,1-2H3,(H,55,58)/b6-4+,7-5-,13-11-,16-15-,19-18-,22-21-,25-24-,28-27-,31-30-,34-33-,41-12+,49-47+. The van der Waals surface area contributed by atoms with Crippen LogP contribution < -0.4 is 5.32 Å². The lowest BCUT2D eigenvalue weighted by Crippen LogP contribution is -2.45. The lowest BCUT2D eigenvalue weighted by Gasteiger charge is -2.19. The topological polar surface area (TPSA) is 69.6 Å². The van der Waals surface area contributed by atoms with Crippen molar-refractivity contribution >= 4 is 5.91 Å². The molecule has 0 aliphatic carbocycles. The van der Waals surface area contributed by atoms with Crippen molar-refractivity contribution in [2.24, 2.45) is 0 Å². The van der Waals surface area contributed by atoms with Crippen LogP contribution in [-0.2, 0) is 4.79 Å². The van der Waals surface area contributed by atoms with Crippen molar-refractivity contribution < 1.29 is 15.0 Å². The molecule has 0 aromatic heterocycles. The summed E-state index contributed by atoms with van der Waals surface area (Å²) in [6, 6.07) is -0.656. The molecule has 0 bridgehead atoms. The van der Waals surface area contributed by atoms with E-state index in [4.69, 9.17) is 0 Å². The van der Waals surface area contributed by atoms with E-state index in [1.807, 2.05) is 13.0 Å². The predicted octanol–water partition coefficient (Wildman–Crippen LogP) is 14.9. The largest absolute Gasteiger partial charge is 0.394 e. The Morgan fingerprint density at radius 3 is 1.21 bits per heavy atom. The van der Waals surface area contributed by atoms with Gasteiger partial charge in [-0.25, -0.2) is 0 Å². The van der Waals surface area contributed by atoms with E-state index in [2.05, 4.69) is 146 Å². The van der Waals surface area contributed by atoms with E-state index >= 15 is 0 Å². The smallest absolute Gasteiger partial charge is 0.220 e. The summed E-state index contributed by atoms with van der Waals surface area (Å²) in [5.41, 5.74) is 0. The van der Waals surface area contributed by atoms with Crippen LogP contribution in [0.4, 0.5) is 0 Å². The van der Waals surface area contributed by atoms with Gasteiger partial charge in [-0.15, -0.1) is 0 Å². The van der Waals surface area contributed by atoms with Gasteiger partial charge in [0.2, 0.25) is 5.91 Å². The summed E-state index contributed by atoms with van der Waals surface area (Å²) >= 11 is 0. The third-order valence-electron chi connectivity index (χ3n) is 9.38. The molecule has 0 radical (unpaired) electrons. The summed E-state index contributed by atoms with van der Waals surface area (Å²) in [6.07, 6.45) is 77.0. The maximum atomic E-state index is 12.3. The van der Waals surface area contributed by atoms with Crippen LogP contribution in [-0.4, -0.2) is 34.9 Å². The molecule has 0 saturated heterocycles. The predicted molar refractivity (Wildman–Crippen MR) is 257 cm³/mol. The average Bonchev–Trinajstić information content (AvgIpc) is 3.23. The number of allylic oxidation sites excluding steroid dienone is 23. The quantitative estimate of drug-likeness (QED) is 0.0429. The maximum Gasteiger partial charge on any atom is 0.220 e. The molecular weight excluding hydrogens is 711 g/mol. The van der Waals surface area contributed by atoms with Crippen LogP contribution in [0, 0.1) is 0 Å². The fourth-order valence-electron chi connectivity index (χ4n) is 5.91. The second kappa shape index (κ2) is 47.6. The number of rotatable bonds is 39. The minimum absolute atomic E-state index is 0.0961. The van der Waals surface area contributed by atoms with Gasteiger partial charge in [0.05, 0.1) is 18.8 Å². The number of aliphatic hydroxyl groups is 2. The van der Waals surface area contributed by atoms with E-state index in [1.54, 1.807) is 6.08 Å². The van der Waals surface area contributed by atoms with Crippen LogP contribution in [0.3, 0.4) is 0 Å². The average molecular weight is 796 g/mol. The summed E-state index contributed by atoms with van der Waals surface area (Å²) in [7, 11) is 0. The molecule has 0 heterocycles. The monoisotopic (exact) mass is 796 g/mol. The van der Waals surface area contributed by atoms with Crippen LogP contribution in [0.15, 0.2) is 146 Å². The first-order valence-electron chi connectivity index (χ1n) is 23.0. The molecule has 58 heavy (non-hydrogen) atoms. The zero-order valence-electron chi connectivity index (χ0n) is 37.0. The highest BCUT2D eigenvalue weighted by Gasteiger charge is 2.17. The first kappa shape index (κ1) is 54.3. The Labute approximate surface area is 357 Å². The van der Waals surface area contributed by atoms with E-state index in [1.165, 1.54) is 44.9 Å². The van der Waals surface area contributed by atoms with Gasteiger partial charge in [0.25, 0.3) is 0 Å². The second-order valence-electron chi connectivity index (χ2n) is 14.7. The molecule has 0 aliphatic heterocycles. The number of unbranched alkanes of at least 4 members (excludes halogenated alkanes) is 11. The fraction of sp³-hybridized carbons (Fsp3) is 0.537. The molecule has 324 valence electrons. The number of carbonyl (C=O) groups is 1. The number of hydrogen-bond acceptors (Lipinski definition) is 3. The van der Waals surface area contributed by atoms with E-state index in [0.29, 0.717) is 6.42 Å². The molecule has 0 aromatic carbocycles. The molecule has 4 heteroatoms. The Morgan fingerprint density at radius 1 is 0.448 bits per heavy atom. The SMILES string of the molecule is C/C=C/CC/C=C/CC/C=C/C(O)C(CO)NC(=O)CCCCCCCCCCC/C=C\C/C=C\C/C=C\C/C=C\C/C=C\C/C=C\C/C=C\C/C=C\C/C=C\CC. The highest BCUT2D eigenvalue weighted by atomic mass is 16.3. The van der Waals surface area contributed by atoms with Crippen LogP contribution in [0.1, 0.15) is 168 Å². The van der Waals surface area contributed by atoms with Crippen LogP contribution in [0.25, 0.3) is 0 Å². The van der Waals surface area contributed by atoms with E-state index < -0.39 is 12.1 Å². The molecule has 0 rings (SSSR count). The van der Waals surface area contributed by atoms with Crippen molar-refractivity contribution in [3.05, 3.63) is 146 Å². The van der Waals surface area contributed by atoms with Gasteiger partial charge in [0.15, 0.2) is 0 Å². The lowest BCUT2D eigenvalue weighted by molar-refractivity contribution is -0.123. The van der Waals surface area contributed by atoms with Crippen LogP contribution >= 0.6 is 0 Å². The van der Waals surface area contributed by atoms with Crippen molar-refractivity contribution in [1.29, 1.82) is 0 Å². The van der Waals surface area contributed by atoms with Gasteiger partial charge in [-0.1, -0.05) is 198 Å². The minimum Gasteiger partial charge on any atom is -0.394 e. The minimum atomic E-state index is -0.880. The molecule has 2 unspecified atom stereocenters. The van der Waals surface area contributed by atoms with Crippen LogP contribution in [0.2, 0.25) is 0 Å². The van der Waals surface area contributed by atoms with E-state index in [9.17, 15) is 15.0 Å². The van der Waals surface area contributed by atoms with Crippen molar-refractivity contribution in [3.63, 3.8) is 0 Å². The van der Waals surface area contributed by atoms with Gasteiger partial charge < -0.3 is 15.5 Å². The van der Waals surface area contributed by atoms with Gasteiger partial charge in [0, 0.05) is 6.42 Å². The number of hydrogen-bond donors (Lipinski definition) is 3. The number of nitrogens with one attached hydrogen (secondary N) is 1. The molecule has 0 spiro atoms. The van der Waals surface area contributed by atoms with Gasteiger partial charge >= 0.3 is 0 Å². The molecule has 2 atom stereocenters. The van der Waals surface area contributed by atoms with Gasteiger partial charge in [-0.3, -0.25) is 4.79 Å². The Morgan fingerprint density at radius 2 is 0.793 bits per heavy atom. The van der Waals surface area contributed by atoms with Crippen molar-refractivity contribution in [1.82, 2.24) is 5.32 Å². The number of amides is 1. The Balaban J connectivity index is 3.64. The molecule has 4 nitrogen and oxygen atoms in total. The number of aliphatic hydroxyl groups excluding tert-OH is 2. The van der Waals surface area contributed by atoms with Crippen molar-refractivity contribution in [3.8, 4) is 0 Å². The summed E-state index contributed by atoms with van der Waals surface area (Å²) in [6.45, 7) is 3.92. The highest BCUT2D eigenvalue weighted by molar-refractivity contribution is 5.76. The lowest BCUT2D eigenvalue weighted by atomic mass is 10.1. The molecule has 3 N–H and O–H groups in total. The normalized spacial score (nSPS) is 14.3. The zero-order valence-corrected chi connectivity index (χ0v) is 37.0. The second-order valence-corrected chi connectivity index (χ2v) is 14.7. The molecule has 0 aliphatic rings. The van der Waals surface area contributed by atoms with E-state index in [0.717, 1.165) is 103 Å². The molecular formula is C54H85NO3. The molecule has 0 fully saturated rings. The summed E-state index contributed by atoms with van der Waals surface area (Å²) in [4.78, 5) is 12.3. The van der Waals surface area contributed by atoms with Gasteiger partial charge in [0.1, 0.15) is 0 Å². The van der Waals surface area contributed by atoms with Gasteiger partial charge in [-0.2, -0.15) is 0 Å². The molecule has 1 amide bonds. The Kier molecular flexibility index (Phi) is 44.6. The number of carbonyl (C=O) groups excluding carboxylic acids is 1. The Hall–Kier alpha value is -3.73. The summed E-state index contributed by atoms with van der Waals surface area (Å²) in [5.74, 6) is -0.0961. The fourth-order valence-corrected chi connectivity index (χ4v) is 5.91. The molecule has 0 aromatic rings. The van der Waals surface area contributed by atoms with Gasteiger partial charge in [-0.05, 0) is 110 Å². The zero-order chi connectivity index (χ0) is 42.1. The maximum absolute atomic E-state index is 12.3. The Bertz CT molecular complexity index is 1270. The summed E-state index contributed by atoms with van der Waals surface area (Å²) < 4.78 is 0. The first-order valence-corrected chi connectivity index (χ1v) is 23.0. The molecule has 0 saturated carbocycles. The van der Waals surface area contributed by atoms with E-state index in [-0.39, 0.29) is 12.5 Å². The summed E-state index contributed by atoms with van der Waals surface area (Å²) in [5, 5.41) is 22.8. The van der Waals surface area contributed by atoms with Crippen LogP contribution in [0.5, 0.6) is 0 Å². The van der Waals surface area contributed by atoms with Crippen molar-refractivity contribution in [2.45, 2.75) is 180 Å². The highest BCUT2D eigenvalue weighted by Crippen LogP contribution is 2.12. The first-order chi connectivity index (χ1) is 28.7. The third kappa shape index (κ3) is 43.4. The van der Waals surface area contributed by atoms with Crippen molar-refractivity contribution in [2.75, 3.05) is 6.61 Å². The third-order valence-corrected chi connectivity index (χ3v) is 9.38.